The topological polar surface area (TPSA) is 83.1 Å². The van der Waals surface area contributed by atoms with E-state index in [4.69, 9.17) is 0 Å². The van der Waals surface area contributed by atoms with Crippen molar-refractivity contribution in [1.29, 1.82) is 0 Å². The molecule has 1 aromatic heterocycles. The third-order valence-corrected chi connectivity index (χ3v) is 4.85. The van der Waals surface area contributed by atoms with E-state index < -0.39 is 0 Å². The fraction of sp³-hybridized carbons (Fsp3) is 0.250. The summed E-state index contributed by atoms with van der Waals surface area (Å²) < 4.78 is 1.14. The summed E-state index contributed by atoms with van der Waals surface area (Å²) in [6.07, 6.45) is 0.983. The van der Waals surface area contributed by atoms with Crippen LogP contribution in [-0.2, 0) is 11.2 Å². The molecule has 0 aliphatic carbocycles. The van der Waals surface area contributed by atoms with Crippen LogP contribution in [0.25, 0.3) is 10.2 Å². The van der Waals surface area contributed by atoms with Gasteiger partial charge in [0.05, 0.1) is 15.2 Å². The summed E-state index contributed by atoms with van der Waals surface area (Å²) in [5.74, 6) is -0.0625. The van der Waals surface area contributed by atoms with Gasteiger partial charge in [-0.3, -0.25) is 4.79 Å². The summed E-state index contributed by atoms with van der Waals surface area (Å²) in [4.78, 5) is 28.4. The van der Waals surface area contributed by atoms with E-state index in [1.807, 2.05) is 38.1 Å². The molecule has 0 saturated carbocycles. The average Bonchev–Trinajstić information content (AvgIpc) is 3.04. The van der Waals surface area contributed by atoms with Crippen LogP contribution in [-0.4, -0.2) is 23.0 Å². The van der Waals surface area contributed by atoms with Crippen LogP contribution in [0.5, 0.6) is 0 Å². The molecule has 1 heterocycles. The minimum atomic E-state index is -0.252. The number of anilines is 2. The molecule has 2 aromatic carbocycles. The molecule has 0 saturated heterocycles. The number of rotatable bonds is 6. The van der Waals surface area contributed by atoms with Crippen molar-refractivity contribution in [3.05, 3.63) is 53.5 Å². The third-order valence-electron chi connectivity index (χ3n) is 3.75. The Kier molecular flexibility index (Phi) is 6.03. The second kappa shape index (κ2) is 8.64. The number of aromatic nitrogens is 1. The van der Waals surface area contributed by atoms with Crippen LogP contribution < -0.4 is 16.0 Å². The fourth-order valence-electron chi connectivity index (χ4n) is 2.54. The smallest absolute Gasteiger partial charge is 0.319 e. The van der Waals surface area contributed by atoms with Crippen molar-refractivity contribution in [2.75, 3.05) is 10.6 Å². The van der Waals surface area contributed by atoms with Gasteiger partial charge in [0.25, 0.3) is 0 Å². The van der Waals surface area contributed by atoms with Gasteiger partial charge in [-0.25, -0.2) is 9.78 Å². The molecule has 0 radical (unpaired) electrons. The van der Waals surface area contributed by atoms with E-state index in [2.05, 4.69) is 20.9 Å². The van der Waals surface area contributed by atoms with Gasteiger partial charge in [-0.15, -0.1) is 11.3 Å². The van der Waals surface area contributed by atoms with Crippen LogP contribution >= 0.6 is 11.3 Å². The summed E-state index contributed by atoms with van der Waals surface area (Å²) in [5, 5.41) is 9.33. The van der Waals surface area contributed by atoms with E-state index in [-0.39, 0.29) is 18.0 Å². The number of carbonyl (C=O) groups excluding carboxylic acids is 2. The van der Waals surface area contributed by atoms with Crippen molar-refractivity contribution in [3.63, 3.8) is 0 Å². The van der Waals surface area contributed by atoms with Gasteiger partial charge in [0.2, 0.25) is 5.91 Å². The van der Waals surface area contributed by atoms with E-state index in [1.165, 1.54) is 0 Å². The first-order valence-corrected chi connectivity index (χ1v) is 9.63. The van der Waals surface area contributed by atoms with Crippen LogP contribution in [0.4, 0.5) is 16.2 Å². The number of urea groups is 1. The number of para-hydroxylation sites is 1. The number of nitrogens with one attached hydrogen (secondary N) is 3. The molecule has 3 N–H and O–H groups in total. The maximum atomic E-state index is 12.2. The van der Waals surface area contributed by atoms with Gasteiger partial charge < -0.3 is 16.0 Å². The monoisotopic (exact) mass is 382 g/mol. The molecule has 3 rings (SSSR count). The van der Waals surface area contributed by atoms with Crippen molar-refractivity contribution in [2.45, 2.75) is 32.7 Å². The Hall–Kier alpha value is -2.93. The number of fused-ring (bicyclic) bond motifs is 1. The average molecular weight is 382 g/mol. The number of carbonyl (C=O) groups is 2. The molecule has 0 aliphatic rings. The number of amides is 3. The van der Waals surface area contributed by atoms with E-state index >= 15 is 0 Å². The zero-order valence-corrected chi connectivity index (χ0v) is 16.1. The molecule has 6 nitrogen and oxygen atoms in total. The Balaban J connectivity index is 1.49. The number of hydrogen-bond donors (Lipinski definition) is 3. The molecule has 0 aliphatic heterocycles. The van der Waals surface area contributed by atoms with E-state index in [0.29, 0.717) is 24.2 Å². The van der Waals surface area contributed by atoms with E-state index in [9.17, 15) is 9.59 Å². The molecule has 3 aromatic rings. The lowest BCUT2D eigenvalue weighted by Crippen LogP contribution is -2.34. The summed E-state index contributed by atoms with van der Waals surface area (Å²) in [6.45, 7) is 3.79. The van der Waals surface area contributed by atoms with Crippen LogP contribution in [0, 0.1) is 0 Å². The Morgan fingerprint density at radius 2 is 1.67 bits per heavy atom. The summed E-state index contributed by atoms with van der Waals surface area (Å²) in [7, 11) is 0. The van der Waals surface area contributed by atoms with Crippen molar-refractivity contribution in [2.24, 2.45) is 0 Å². The molecular weight excluding hydrogens is 360 g/mol. The molecule has 0 fully saturated rings. The van der Waals surface area contributed by atoms with Gasteiger partial charge >= 0.3 is 6.03 Å². The van der Waals surface area contributed by atoms with Gasteiger partial charge in [0, 0.05) is 30.3 Å². The molecule has 0 spiro atoms. The number of hydrogen-bond acceptors (Lipinski definition) is 4. The van der Waals surface area contributed by atoms with Crippen LogP contribution in [0.1, 0.15) is 25.3 Å². The van der Waals surface area contributed by atoms with Crippen LogP contribution in [0.2, 0.25) is 0 Å². The Morgan fingerprint density at radius 3 is 2.33 bits per heavy atom. The lowest BCUT2D eigenvalue weighted by Gasteiger charge is -2.11. The summed E-state index contributed by atoms with van der Waals surface area (Å²) in [6, 6.07) is 14.8. The number of aryl methyl sites for hydroxylation is 1. The highest BCUT2D eigenvalue weighted by Gasteiger charge is 2.08. The molecule has 7 heteroatoms. The molecule has 140 valence electrons. The predicted octanol–water partition coefficient (Wildman–Crippen LogP) is 4.40. The second-order valence-electron chi connectivity index (χ2n) is 6.45. The molecule has 0 unspecified atom stereocenters. The van der Waals surface area contributed by atoms with E-state index in [1.54, 1.807) is 35.6 Å². The Labute approximate surface area is 162 Å². The molecule has 0 atom stereocenters. The van der Waals surface area contributed by atoms with Crippen LogP contribution in [0.15, 0.2) is 48.5 Å². The SMILES string of the molecule is CC(C)NC(=O)Nc1ccc(NC(=O)CCc2nc3ccccc3s2)cc1. The molecule has 0 bridgehead atoms. The lowest BCUT2D eigenvalue weighted by molar-refractivity contribution is -0.116. The van der Waals surface area contributed by atoms with E-state index in [0.717, 1.165) is 15.2 Å². The number of benzene rings is 2. The Morgan fingerprint density at radius 1 is 1.00 bits per heavy atom. The van der Waals surface area contributed by atoms with Gasteiger partial charge in [-0.1, -0.05) is 12.1 Å². The van der Waals surface area contributed by atoms with Gasteiger partial charge in [-0.2, -0.15) is 0 Å². The largest absolute Gasteiger partial charge is 0.336 e. The molecule has 3 amide bonds. The first-order chi connectivity index (χ1) is 13.0. The standard InChI is InChI=1S/C20H22N4O2S/c1-13(2)21-20(26)23-15-9-7-14(8-10-15)22-18(25)11-12-19-24-16-5-3-4-6-17(16)27-19/h3-10,13H,11-12H2,1-2H3,(H,22,25)(H2,21,23,26). The van der Waals surface area contributed by atoms with Gasteiger partial charge in [0.1, 0.15) is 0 Å². The second-order valence-corrected chi connectivity index (χ2v) is 7.57. The minimum Gasteiger partial charge on any atom is -0.336 e. The van der Waals surface area contributed by atoms with Crippen LogP contribution in [0.3, 0.4) is 0 Å². The first kappa shape index (κ1) is 18.8. The lowest BCUT2D eigenvalue weighted by atomic mass is 10.2. The summed E-state index contributed by atoms with van der Waals surface area (Å²) >= 11 is 1.62. The van der Waals surface area contributed by atoms with Crippen molar-refractivity contribution in [3.8, 4) is 0 Å². The highest BCUT2D eigenvalue weighted by atomic mass is 32.1. The molecule has 27 heavy (non-hydrogen) atoms. The van der Waals surface area contributed by atoms with Crippen molar-refractivity contribution >= 4 is 44.9 Å². The van der Waals surface area contributed by atoms with Crippen molar-refractivity contribution in [1.82, 2.24) is 10.3 Å². The normalized spacial score (nSPS) is 10.8. The van der Waals surface area contributed by atoms with Gasteiger partial charge in [-0.05, 0) is 50.2 Å². The predicted molar refractivity (Wildman–Crippen MR) is 110 cm³/mol. The highest BCUT2D eigenvalue weighted by molar-refractivity contribution is 7.18. The Bertz CT molecular complexity index is 902. The minimum absolute atomic E-state index is 0.0625. The third kappa shape index (κ3) is 5.52. The van der Waals surface area contributed by atoms with Gasteiger partial charge in [0.15, 0.2) is 0 Å². The first-order valence-electron chi connectivity index (χ1n) is 8.81. The van der Waals surface area contributed by atoms with Crippen molar-refractivity contribution < 1.29 is 9.59 Å². The zero-order valence-electron chi connectivity index (χ0n) is 15.3. The summed E-state index contributed by atoms with van der Waals surface area (Å²) in [5.41, 5.74) is 2.34. The number of thiazole rings is 1. The maximum absolute atomic E-state index is 12.2. The highest BCUT2D eigenvalue weighted by Crippen LogP contribution is 2.22. The fourth-order valence-corrected chi connectivity index (χ4v) is 3.50. The number of nitrogens with zero attached hydrogens (tertiary/aromatic N) is 1. The zero-order chi connectivity index (χ0) is 19.2. The quantitative estimate of drug-likeness (QED) is 0.591. The molecular formula is C20H22N4O2S. The maximum Gasteiger partial charge on any atom is 0.319 e.